The fourth-order valence-electron chi connectivity index (χ4n) is 7.10. The van der Waals surface area contributed by atoms with E-state index in [1.54, 1.807) is 0 Å². The van der Waals surface area contributed by atoms with Crippen LogP contribution < -0.4 is 5.32 Å². The third-order valence-electron chi connectivity index (χ3n) is 9.49. The minimum Gasteiger partial charge on any atom is -0.456 e. The van der Waals surface area contributed by atoms with Crippen molar-refractivity contribution in [3.8, 4) is 11.1 Å². The molecule has 3 heteroatoms. The zero-order valence-electron chi connectivity index (χ0n) is 24.4. The summed E-state index contributed by atoms with van der Waals surface area (Å²) in [5.41, 5.74) is 12.6. The topological polar surface area (TPSA) is 38.1 Å². The van der Waals surface area contributed by atoms with Gasteiger partial charge < -0.3 is 9.73 Å². The lowest BCUT2D eigenvalue weighted by atomic mass is 9.78. The van der Waals surface area contributed by atoms with Crippen molar-refractivity contribution in [1.82, 2.24) is 4.98 Å². The van der Waals surface area contributed by atoms with Crippen LogP contribution in [0.15, 0.2) is 132 Å². The van der Waals surface area contributed by atoms with Gasteiger partial charge in [-0.2, -0.15) is 0 Å². The highest BCUT2D eigenvalue weighted by Gasteiger charge is 2.26. The average Bonchev–Trinajstić information content (AvgIpc) is 3.46. The largest absolute Gasteiger partial charge is 0.456 e. The molecule has 9 rings (SSSR count). The van der Waals surface area contributed by atoms with Gasteiger partial charge in [-0.1, -0.05) is 116 Å². The predicted molar refractivity (Wildman–Crippen MR) is 183 cm³/mol. The van der Waals surface area contributed by atoms with Crippen molar-refractivity contribution in [3.63, 3.8) is 0 Å². The van der Waals surface area contributed by atoms with Gasteiger partial charge in [-0.15, -0.1) is 0 Å². The van der Waals surface area contributed by atoms with Gasteiger partial charge in [0.05, 0.1) is 17.2 Å². The zero-order chi connectivity index (χ0) is 29.2. The van der Waals surface area contributed by atoms with Gasteiger partial charge in [-0.05, 0) is 69.6 Å². The number of pyridine rings is 1. The molecule has 210 valence electrons. The summed E-state index contributed by atoms with van der Waals surface area (Å²) < 4.78 is 6.06. The first-order valence-corrected chi connectivity index (χ1v) is 15.4. The zero-order valence-corrected chi connectivity index (χ0v) is 24.4. The van der Waals surface area contributed by atoms with Crippen LogP contribution in [0.3, 0.4) is 0 Å². The molecular formula is C41H30N2O. The van der Waals surface area contributed by atoms with Gasteiger partial charge in [-0.25, -0.2) is 4.98 Å². The number of allylic oxidation sites excluding steroid dienone is 1. The van der Waals surface area contributed by atoms with Crippen LogP contribution in [0, 0.1) is 0 Å². The number of fused-ring (bicyclic) bond motifs is 7. The summed E-state index contributed by atoms with van der Waals surface area (Å²) in [7, 11) is 0. The summed E-state index contributed by atoms with van der Waals surface area (Å²) in [6.45, 7) is 2.33. The fraction of sp³-hybridized carbons (Fsp3) is 0.0976. The van der Waals surface area contributed by atoms with Crippen LogP contribution in [0.5, 0.6) is 0 Å². The van der Waals surface area contributed by atoms with E-state index in [1.807, 2.05) is 12.1 Å². The molecule has 0 spiro atoms. The third kappa shape index (κ3) is 4.00. The molecule has 0 radical (unpaired) electrons. The number of aromatic nitrogens is 1. The maximum atomic E-state index is 6.06. The van der Waals surface area contributed by atoms with Crippen LogP contribution in [0.4, 0.5) is 5.69 Å². The van der Waals surface area contributed by atoms with Crippen molar-refractivity contribution in [3.05, 3.63) is 155 Å². The maximum absolute atomic E-state index is 6.06. The van der Waals surface area contributed by atoms with Crippen LogP contribution in [0.25, 0.3) is 56.1 Å². The van der Waals surface area contributed by atoms with Crippen LogP contribution in [0.2, 0.25) is 0 Å². The van der Waals surface area contributed by atoms with E-state index in [0.717, 1.165) is 44.2 Å². The molecule has 2 unspecified atom stereocenters. The minimum atomic E-state index is 0.127. The SMILES string of the molecule is C[C@H]1c2ccc(-c3ccc4oc5ccccc5c4c3)cc2C=CC1c1ccc2ccc3c(c2n1)NC(c1ccccc1)C=C3. The second kappa shape index (κ2) is 9.82. The number of hydrogen-bond acceptors (Lipinski definition) is 3. The average molecular weight is 567 g/mol. The van der Waals surface area contributed by atoms with Crippen LogP contribution in [0.1, 0.15) is 52.7 Å². The lowest BCUT2D eigenvalue weighted by molar-refractivity contribution is 0.655. The standard InChI is InChI=1S/C41H30N2O/c1-25-32-18-13-29(30-17-22-39-35(24-30)34-9-5-6-10-38(34)44-39)23-31(32)14-19-33(25)37-21-16-28-12-11-27-15-20-36(26-7-3-2-4-8-26)42-40(27)41(28)43-37/h2-25,33,36,42H,1H3/t25-,33?,36?/m0/s1. The molecule has 2 aromatic heterocycles. The maximum Gasteiger partial charge on any atom is 0.135 e. The number of para-hydroxylation sites is 1. The Labute approximate surface area is 256 Å². The van der Waals surface area contributed by atoms with E-state index in [-0.39, 0.29) is 12.0 Å². The van der Waals surface area contributed by atoms with E-state index in [2.05, 4.69) is 140 Å². The molecule has 0 saturated heterocycles. The molecule has 3 nitrogen and oxygen atoms in total. The van der Waals surface area contributed by atoms with E-state index in [1.165, 1.54) is 33.4 Å². The summed E-state index contributed by atoms with van der Waals surface area (Å²) in [5.74, 6) is 0.505. The Hall–Kier alpha value is -5.41. The summed E-state index contributed by atoms with van der Waals surface area (Å²) >= 11 is 0. The molecule has 2 aliphatic rings. The molecule has 3 heterocycles. The Kier molecular flexibility index (Phi) is 5.61. The predicted octanol–water partition coefficient (Wildman–Crippen LogP) is 10.9. The number of benzene rings is 5. The van der Waals surface area contributed by atoms with Gasteiger partial charge in [0.1, 0.15) is 11.2 Å². The first-order valence-electron chi connectivity index (χ1n) is 15.4. The minimum absolute atomic E-state index is 0.127. The quantitative estimate of drug-likeness (QED) is 0.231. The molecule has 44 heavy (non-hydrogen) atoms. The summed E-state index contributed by atoms with van der Waals surface area (Å²) in [6, 6.07) is 41.2. The van der Waals surface area contributed by atoms with E-state index in [0.29, 0.717) is 5.92 Å². The third-order valence-corrected chi connectivity index (χ3v) is 9.49. The van der Waals surface area contributed by atoms with Crippen LogP contribution in [-0.2, 0) is 0 Å². The molecular weight excluding hydrogens is 536 g/mol. The number of nitrogens with one attached hydrogen (secondary N) is 1. The van der Waals surface area contributed by atoms with Crippen molar-refractivity contribution in [1.29, 1.82) is 0 Å². The van der Waals surface area contributed by atoms with Gasteiger partial charge in [0.2, 0.25) is 0 Å². The summed E-state index contributed by atoms with van der Waals surface area (Å²) in [5, 5.41) is 7.25. The first-order chi connectivity index (χ1) is 21.7. The number of anilines is 1. The highest BCUT2D eigenvalue weighted by atomic mass is 16.3. The smallest absolute Gasteiger partial charge is 0.135 e. The molecule has 3 atom stereocenters. The van der Waals surface area contributed by atoms with Gasteiger partial charge in [0.25, 0.3) is 0 Å². The highest BCUT2D eigenvalue weighted by Crippen LogP contribution is 2.43. The molecule has 5 aromatic carbocycles. The molecule has 1 N–H and O–H groups in total. The van der Waals surface area contributed by atoms with E-state index in [4.69, 9.17) is 9.40 Å². The number of rotatable bonds is 3. The molecule has 1 aliphatic heterocycles. The number of furan rings is 1. The van der Waals surface area contributed by atoms with Crippen molar-refractivity contribution in [2.75, 3.05) is 5.32 Å². The molecule has 0 saturated carbocycles. The van der Waals surface area contributed by atoms with Gasteiger partial charge >= 0.3 is 0 Å². The Bertz CT molecular complexity index is 2290. The lowest BCUT2D eigenvalue weighted by Gasteiger charge is -2.28. The second-order valence-electron chi connectivity index (χ2n) is 12.1. The Balaban J connectivity index is 1.05. The van der Waals surface area contributed by atoms with Gasteiger partial charge in [0.15, 0.2) is 0 Å². The normalized spacial score (nSPS) is 18.8. The first kappa shape index (κ1) is 25.1. The molecule has 0 bridgehead atoms. The van der Waals surface area contributed by atoms with Gasteiger partial charge in [-0.3, -0.25) is 0 Å². The van der Waals surface area contributed by atoms with Crippen molar-refractivity contribution in [2.45, 2.75) is 24.8 Å². The summed E-state index contributed by atoms with van der Waals surface area (Å²) in [6.07, 6.45) is 9.09. The van der Waals surface area contributed by atoms with Crippen LogP contribution in [-0.4, -0.2) is 4.98 Å². The van der Waals surface area contributed by atoms with Crippen LogP contribution >= 0.6 is 0 Å². The van der Waals surface area contributed by atoms with Crippen molar-refractivity contribution in [2.24, 2.45) is 0 Å². The van der Waals surface area contributed by atoms with E-state index < -0.39 is 0 Å². The molecule has 0 amide bonds. The fourth-order valence-corrected chi connectivity index (χ4v) is 7.10. The van der Waals surface area contributed by atoms with Gasteiger partial charge in [0, 0.05) is 27.8 Å². The molecule has 1 aliphatic carbocycles. The number of nitrogens with zero attached hydrogens (tertiary/aromatic N) is 1. The second-order valence-corrected chi connectivity index (χ2v) is 12.1. The highest BCUT2D eigenvalue weighted by molar-refractivity contribution is 6.06. The Morgan fingerprint density at radius 2 is 1.43 bits per heavy atom. The Morgan fingerprint density at radius 3 is 2.36 bits per heavy atom. The Morgan fingerprint density at radius 1 is 0.659 bits per heavy atom. The molecule has 7 aromatic rings. The van der Waals surface area contributed by atoms with Crippen molar-refractivity contribution >= 4 is 50.7 Å². The lowest BCUT2D eigenvalue weighted by Crippen LogP contribution is -2.14. The number of hydrogen-bond donors (Lipinski definition) is 1. The van der Waals surface area contributed by atoms with E-state index >= 15 is 0 Å². The van der Waals surface area contributed by atoms with Crippen molar-refractivity contribution < 1.29 is 4.42 Å². The monoisotopic (exact) mass is 566 g/mol. The summed E-state index contributed by atoms with van der Waals surface area (Å²) in [4.78, 5) is 5.32. The van der Waals surface area contributed by atoms with E-state index in [9.17, 15) is 0 Å². The molecule has 0 fully saturated rings.